The third-order valence-electron chi connectivity index (χ3n) is 1.70. The number of pyridine rings is 1. The first-order valence-corrected chi connectivity index (χ1v) is 4.50. The summed E-state index contributed by atoms with van der Waals surface area (Å²) >= 11 is 0. The molecule has 0 spiro atoms. The van der Waals surface area contributed by atoms with Crippen molar-refractivity contribution < 1.29 is 14.6 Å². The lowest BCUT2D eigenvalue weighted by molar-refractivity contribution is -0.158. The van der Waals surface area contributed by atoms with Gasteiger partial charge in [-0.05, 0) is 25.0 Å². The second-order valence-electron chi connectivity index (χ2n) is 2.85. The van der Waals surface area contributed by atoms with Gasteiger partial charge in [0.1, 0.15) is 0 Å². The molecule has 1 aromatic heterocycles. The Balaban J connectivity index is 0.000000146. The number of rotatable bonds is 0. The molecule has 1 atom stereocenters. The molecule has 2 rings (SSSR count). The van der Waals surface area contributed by atoms with Crippen LogP contribution in [0.3, 0.4) is 0 Å². The fourth-order valence-electron chi connectivity index (χ4n) is 0.976. The molecular formula is C10H13NO3. The molecule has 1 fully saturated rings. The number of esters is 1. The molecule has 1 aromatic rings. The zero-order valence-corrected chi connectivity index (χ0v) is 7.80. The third kappa shape index (κ3) is 4.00. The van der Waals surface area contributed by atoms with E-state index in [2.05, 4.69) is 9.72 Å². The van der Waals surface area contributed by atoms with E-state index in [4.69, 9.17) is 5.11 Å². The largest absolute Gasteiger partial charge is 0.464 e. The molecule has 1 unspecified atom stereocenters. The van der Waals surface area contributed by atoms with E-state index in [-0.39, 0.29) is 0 Å². The molecule has 0 aliphatic carbocycles. The molecule has 0 aromatic carbocycles. The topological polar surface area (TPSA) is 59.4 Å². The molecule has 1 aliphatic rings. The first-order valence-electron chi connectivity index (χ1n) is 4.50. The van der Waals surface area contributed by atoms with Crippen LogP contribution in [0.25, 0.3) is 0 Å². The Morgan fingerprint density at radius 2 is 2.07 bits per heavy atom. The Kier molecular flexibility index (Phi) is 4.64. The number of carbonyl (C=O) groups excluding carboxylic acids is 1. The van der Waals surface area contributed by atoms with Gasteiger partial charge in [0, 0.05) is 12.4 Å². The summed E-state index contributed by atoms with van der Waals surface area (Å²) in [6, 6.07) is 5.72. The van der Waals surface area contributed by atoms with E-state index in [0.717, 1.165) is 6.42 Å². The van der Waals surface area contributed by atoms with Gasteiger partial charge in [-0.15, -0.1) is 0 Å². The molecule has 0 radical (unpaired) electrons. The smallest absolute Gasteiger partial charge is 0.334 e. The van der Waals surface area contributed by atoms with Crippen molar-refractivity contribution in [3.05, 3.63) is 30.6 Å². The quantitative estimate of drug-likeness (QED) is 0.621. The summed E-state index contributed by atoms with van der Waals surface area (Å²) in [5, 5.41) is 8.70. The second kappa shape index (κ2) is 6.10. The Bertz CT molecular complexity index is 237. The van der Waals surface area contributed by atoms with Crippen LogP contribution in [0, 0.1) is 0 Å². The number of carbonyl (C=O) groups is 1. The number of hydrogen-bond donors (Lipinski definition) is 1. The number of aromatic nitrogens is 1. The normalized spacial score (nSPS) is 20.4. The number of ether oxygens (including phenoxy) is 1. The van der Waals surface area contributed by atoms with Gasteiger partial charge in [0.2, 0.25) is 0 Å². The molecule has 4 nitrogen and oxygen atoms in total. The number of aliphatic hydroxyl groups excluding tert-OH is 1. The molecule has 1 aliphatic heterocycles. The van der Waals surface area contributed by atoms with Crippen LogP contribution in [-0.2, 0) is 9.53 Å². The fourth-order valence-corrected chi connectivity index (χ4v) is 0.976. The first-order chi connectivity index (χ1) is 6.80. The Morgan fingerprint density at radius 3 is 2.36 bits per heavy atom. The molecule has 1 saturated heterocycles. The van der Waals surface area contributed by atoms with Crippen LogP contribution in [0.1, 0.15) is 12.8 Å². The second-order valence-corrected chi connectivity index (χ2v) is 2.85. The summed E-state index contributed by atoms with van der Waals surface area (Å²) in [6.07, 6.45) is 3.98. The van der Waals surface area contributed by atoms with Crippen molar-refractivity contribution in [3.8, 4) is 0 Å². The van der Waals surface area contributed by atoms with Gasteiger partial charge in [-0.2, -0.15) is 0 Å². The van der Waals surface area contributed by atoms with Crippen LogP contribution in [0.2, 0.25) is 0 Å². The van der Waals surface area contributed by atoms with E-state index in [1.54, 1.807) is 12.4 Å². The molecule has 0 amide bonds. The van der Waals surface area contributed by atoms with Gasteiger partial charge < -0.3 is 9.84 Å². The van der Waals surface area contributed by atoms with Gasteiger partial charge in [0.05, 0.1) is 6.61 Å². The molecule has 2 heterocycles. The average Bonchev–Trinajstić information content (AvgIpc) is 2.26. The van der Waals surface area contributed by atoms with Crippen LogP contribution in [0.4, 0.5) is 0 Å². The maximum atomic E-state index is 10.3. The molecule has 14 heavy (non-hydrogen) atoms. The predicted octanol–water partition coefficient (Wildman–Crippen LogP) is 0.766. The maximum Gasteiger partial charge on any atom is 0.334 e. The number of aliphatic hydroxyl groups is 1. The highest BCUT2D eigenvalue weighted by atomic mass is 16.5. The molecule has 1 N–H and O–H groups in total. The molecule has 0 saturated carbocycles. The average molecular weight is 195 g/mol. The fraction of sp³-hybridized carbons (Fsp3) is 0.400. The van der Waals surface area contributed by atoms with Crippen LogP contribution in [0.5, 0.6) is 0 Å². The van der Waals surface area contributed by atoms with Crippen molar-refractivity contribution in [2.24, 2.45) is 0 Å². The highest BCUT2D eigenvalue weighted by Gasteiger charge is 2.19. The molecule has 76 valence electrons. The van der Waals surface area contributed by atoms with Crippen molar-refractivity contribution in [1.82, 2.24) is 4.98 Å². The Labute approximate surface area is 82.5 Å². The zero-order valence-electron chi connectivity index (χ0n) is 7.80. The van der Waals surface area contributed by atoms with E-state index in [1.165, 1.54) is 0 Å². The van der Waals surface area contributed by atoms with E-state index in [1.807, 2.05) is 18.2 Å². The van der Waals surface area contributed by atoms with Crippen LogP contribution in [-0.4, -0.2) is 28.8 Å². The minimum atomic E-state index is -0.858. The van der Waals surface area contributed by atoms with Gasteiger partial charge in [-0.1, -0.05) is 6.07 Å². The summed E-state index contributed by atoms with van der Waals surface area (Å²) in [6.45, 7) is 0.468. The summed E-state index contributed by atoms with van der Waals surface area (Å²) in [5.74, 6) is -0.476. The van der Waals surface area contributed by atoms with Gasteiger partial charge in [0.15, 0.2) is 6.10 Å². The van der Waals surface area contributed by atoms with E-state index in [0.29, 0.717) is 13.0 Å². The summed E-state index contributed by atoms with van der Waals surface area (Å²) in [5.41, 5.74) is 0. The SMILES string of the molecule is O=C1OCCCC1O.c1ccncc1. The Morgan fingerprint density at radius 1 is 1.36 bits per heavy atom. The van der Waals surface area contributed by atoms with Gasteiger partial charge in [-0.25, -0.2) is 4.79 Å². The molecular weight excluding hydrogens is 182 g/mol. The number of hydrogen-bond acceptors (Lipinski definition) is 4. The standard InChI is InChI=1S/C5H5N.C5H8O3/c1-2-4-6-5-3-1;6-4-2-1-3-8-5(4)7/h1-5H;4,6H,1-3H2. The van der Waals surface area contributed by atoms with Crippen molar-refractivity contribution in [2.75, 3.05) is 6.61 Å². The predicted molar refractivity (Wildman–Crippen MR) is 50.4 cm³/mol. The van der Waals surface area contributed by atoms with Crippen molar-refractivity contribution in [2.45, 2.75) is 18.9 Å². The third-order valence-corrected chi connectivity index (χ3v) is 1.70. The lowest BCUT2D eigenvalue weighted by atomic mass is 10.2. The monoisotopic (exact) mass is 195 g/mol. The molecule has 0 bridgehead atoms. The lowest BCUT2D eigenvalue weighted by Gasteiger charge is -2.14. The van der Waals surface area contributed by atoms with Crippen molar-refractivity contribution in [1.29, 1.82) is 0 Å². The van der Waals surface area contributed by atoms with Crippen molar-refractivity contribution in [3.63, 3.8) is 0 Å². The highest BCUT2D eigenvalue weighted by molar-refractivity contribution is 5.74. The summed E-state index contributed by atoms with van der Waals surface area (Å²) in [4.78, 5) is 14.1. The minimum absolute atomic E-state index is 0.468. The van der Waals surface area contributed by atoms with E-state index >= 15 is 0 Å². The molecule has 4 heteroatoms. The zero-order chi connectivity index (χ0) is 10.2. The number of cyclic esters (lactones) is 1. The van der Waals surface area contributed by atoms with Gasteiger partial charge in [0.25, 0.3) is 0 Å². The van der Waals surface area contributed by atoms with E-state index < -0.39 is 12.1 Å². The van der Waals surface area contributed by atoms with E-state index in [9.17, 15) is 4.79 Å². The lowest BCUT2D eigenvalue weighted by Crippen LogP contribution is -2.28. The van der Waals surface area contributed by atoms with Crippen LogP contribution < -0.4 is 0 Å². The summed E-state index contributed by atoms with van der Waals surface area (Å²) < 4.78 is 4.50. The minimum Gasteiger partial charge on any atom is -0.464 e. The van der Waals surface area contributed by atoms with Crippen molar-refractivity contribution >= 4 is 5.97 Å². The van der Waals surface area contributed by atoms with Crippen LogP contribution in [0.15, 0.2) is 30.6 Å². The van der Waals surface area contributed by atoms with Crippen LogP contribution >= 0.6 is 0 Å². The first kappa shape index (κ1) is 10.7. The summed E-state index contributed by atoms with van der Waals surface area (Å²) in [7, 11) is 0. The number of nitrogens with zero attached hydrogens (tertiary/aromatic N) is 1. The van der Waals surface area contributed by atoms with Gasteiger partial charge >= 0.3 is 5.97 Å². The Hall–Kier alpha value is -1.42. The highest BCUT2D eigenvalue weighted by Crippen LogP contribution is 2.05. The van der Waals surface area contributed by atoms with Gasteiger partial charge in [-0.3, -0.25) is 4.98 Å². The maximum absolute atomic E-state index is 10.3.